The van der Waals surface area contributed by atoms with E-state index in [1.807, 2.05) is 16.8 Å². The first-order chi connectivity index (χ1) is 9.76. The van der Waals surface area contributed by atoms with Gasteiger partial charge >= 0.3 is 0 Å². The van der Waals surface area contributed by atoms with Crippen molar-refractivity contribution in [3.05, 3.63) is 23.8 Å². The van der Waals surface area contributed by atoms with E-state index in [1.165, 1.54) is 0 Å². The van der Waals surface area contributed by atoms with Crippen molar-refractivity contribution in [2.24, 2.45) is 0 Å². The molecule has 0 unspecified atom stereocenters. The van der Waals surface area contributed by atoms with Crippen molar-refractivity contribution in [3.63, 3.8) is 0 Å². The molecule has 0 bridgehead atoms. The molecule has 1 aliphatic heterocycles. The second-order valence-electron chi connectivity index (χ2n) is 5.53. The van der Waals surface area contributed by atoms with Gasteiger partial charge in [-0.05, 0) is 19.3 Å². The number of anilines is 1. The Kier molecular flexibility index (Phi) is 2.53. The predicted molar refractivity (Wildman–Crippen MR) is 72.5 cm³/mol. The summed E-state index contributed by atoms with van der Waals surface area (Å²) in [7, 11) is 0. The van der Waals surface area contributed by atoms with E-state index in [2.05, 4.69) is 9.97 Å². The van der Waals surface area contributed by atoms with Crippen molar-refractivity contribution in [2.45, 2.75) is 38.2 Å². The van der Waals surface area contributed by atoms with Gasteiger partial charge in [-0.15, -0.1) is 0 Å². The number of amides is 1. The molecule has 2 fully saturated rings. The van der Waals surface area contributed by atoms with Crippen LogP contribution >= 0.6 is 0 Å². The highest BCUT2D eigenvalue weighted by molar-refractivity contribution is 5.97. The summed E-state index contributed by atoms with van der Waals surface area (Å²) in [6.45, 7) is 0.602. The van der Waals surface area contributed by atoms with E-state index >= 15 is 0 Å². The third-order valence-corrected chi connectivity index (χ3v) is 3.98. The molecule has 1 N–H and O–H groups in total. The molecule has 0 radical (unpaired) electrons. The Morgan fingerprint density at radius 3 is 2.80 bits per heavy atom. The molecule has 1 aliphatic carbocycles. The molecule has 4 rings (SSSR count). The highest BCUT2D eigenvalue weighted by atomic mass is 16.3. The van der Waals surface area contributed by atoms with Crippen molar-refractivity contribution < 1.29 is 9.90 Å². The number of hydrogen-bond donors (Lipinski definition) is 1. The maximum atomic E-state index is 12.0. The largest absolute Gasteiger partial charge is 0.390 e. The van der Waals surface area contributed by atoms with Crippen LogP contribution in [0.15, 0.2) is 12.4 Å². The van der Waals surface area contributed by atoms with Crippen LogP contribution in [0, 0.1) is 0 Å². The van der Waals surface area contributed by atoms with E-state index in [9.17, 15) is 9.90 Å². The summed E-state index contributed by atoms with van der Waals surface area (Å²) in [5, 5.41) is 9.26. The molecule has 0 aromatic carbocycles. The van der Waals surface area contributed by atoms with Crippen LogP contribution in [0.1, 0.15) is 43.0 Å². The number of aromatic nitrogens is 3. The van der Waals surface area contributed by atoms with Gasteiger partial charge in [-0.1, -0.05) is 0 Å². The lowest BCUT2D eigenvalue weighted by molar-refractivity contribution is -0.117. The van der Waals surface area contributed by atoms with E-state index in [4.69, 9.17) is 0 Å². The average molecular weight is 272 g/mol. The Balaban J connectivity index is 1.90. The minimum Gasteiger partial charge on any atom is -0.390 e. The van der Waals surface area contributed by atoms with Crippen LogP contribution in [-0.4, -0.2) is 31.9 Å². The van der Waals surface area contributed by atoms with E-state index < -0.39 is 0 Å². The first-order valence-electron chi connectivity index (χ1n) is 7.06. The lowest BCUT2D eigenvalue weighted by Gasteiger charge is -2.16. The number of imidazole rings is 1. The summed E-state index contributed by atoms with van der Waals surface area (Å²) < 4.78 is 1.90. The molecular formula is C14H16N4O2. The van der Waals surface area contributed by atoms with Crippen LogP contribution in [-0.2, 0) is 11.4 Å². The number of rotatable bonds is 3. The molecule has 6 heteroatoms. The fourth-order valence-electron chi connectivity index (χ4n) is 2.76. The van der Waals surface area contributed by atoms with Gasteiger partial charge in [0.1, 0.15) is 0 Å². The van der Waals surface area contributed by atoms with Gasteiger partial charge in [-0.3, -0.25) is 9.69 Å². The van der Waals surface area contributed by atoms with E-state index in [0.717, 1.165) is 25.0 Å². The van der Waals surface area contributed by atoms with E-state index in [-0.39, 0.29) is 12.5 Å². The Hall–Kier alpha value is -1.95. The lowest BCUT2D eigenvalue weighted by atomic mass is 10.3. The van der Waals surface area contributed by atoms with E-state index in [0.29, 0.717) is 36.0 Å². The summed E-state index contributed by atoms with van der Waals surface area (Å²) >= 11 is 0. The van der Waals surface area contributed by atoms with Crippen molar-refractivity contribution >= 4 is 17.4 Å². The Bertz CT molecular complexity index is 690. The molecule has 0 spiro atoms. The monoisotopic (exact) mass is 272 g/mol. The molecule has 1 saturated heterocycles. The maximum absolute atomic E-state index is 12.0. The average Bonchev–Trinajstić information content (AvgIpc) is 3.08. The number of carbonyl (C=O) groups is 1. The molecule has 2 aromatic heterocycles. The van der Waals surface area contributed by atoms with Crippen molar-refractivity contribution in [2.75, 3.05) is 11.4 Å². The smallest absolute Gasteiger partial charge is 0.228 e. The number of aliphatic hydroxyl groups excluding tert-OH is 1. The fraction of sp³-hybridized carbons (Fsp3) is 0.500. The van der Waals surface area contributed by atoms with Crippen LogP contribution < -0.4 is 4.90 Å². The van der Waals surface area contributed by atoms with Gasteiger partial charge in [0, 0.05) is 31.3 Å². The Labute approximate surface area is 116 Å². The molecule has 3 heterocycles. The number of fused-ring (bicyclic) bond motifs is 1. The molecule has 6 nitrogen and oxygen atoms in total. The van der Waals surface area contributed by atoms with Crippen LogP contribution in [0.25, 0.3) is 5.65 Å². The topological polar surface area (TPSA) is 70.7 Å². The standard InChI is InChI=1S/C14H16N4O2/c19-8-10-6-17-7-11(9-3-4-9)16-14(13(17)15-10)18-5-1-2-12(18)20/h6-7,9,19H,1-5,8H2. The van der Waals surface area contributed by atoms with E-state index in [1.54, 1.807) is 4.90 Å². The van der Waals surface area contributed by atoms with Gasteiger partial charge in [0.25, 0.3) is 0 Å². The van der Waals surface area contributed by atoms with Crippen LogP contribution in [0.5, 0.6) is 0 Å². The number of carbonyl (C=O) groups excluding carboxylic acids is 1. The molecular weight excluding hydrogens is 256 g/mol. The molecule has 104 valence electrons. The second kappa shape index (κ2) is 4.28. The molecule has 2 aromatic rings. The van der Waals surface area contributed by atoms with Crippen molar-refractivity contribution in [1.29, 1.82) is 0 Å². The third kappa shape index (κ3) is 1.79. The number of aliphatic hydroxyl groups is 1. The van der Waals surface area contributed by atoms with Crippen LogP contribution in [0.4, 0.5) is 5.82 Å². The summed E-state index contributed by atoms with van der Waals surface area (Å²) in [5.41, 5.74) is 2.29. The normalized spacial score (nSPS) is 19.2. The predicted octanol–water partition coefficient (Wildman–Crippen LogP) is 1.23. The number of nitrogens with zero attached hydrogens (tertiary/aromatic N) is 4. The second-order valence-corrected chi connectivity index (χ2v) is 5.53. The molecule has 0 atom stereocenters. The Morgan fingerprint density at radius 2 is 2.15 bits per heavy atom. The van der Waals surface area contributed by atoms with Gasteiger partial charge in [-0.2, -0.15) is 0 Å². The number of hydrogen-bond acceptors (Lipinski definition) is 4. The van der Waals surface area contributed by atoms with Crippen LogP contribution in [0.2, 0.25) is 0 Å². The highest BCUT2D eigenvalue weighted by Gasteiger charge is 2.30. The lowest BCUT2D eigenvalue weighted by Crippen LogP contribution is -2.26. The SMILES string of the molecule is O=C1CCCN1c1nc(C2CC2)cn2cc(CO)nc12. The fourth-order valence-corrected chi connectivity index (χ4v) is 2.76. The van der Waals surface area contributed by atoms with Gasteiger partial charge in [0.15, 0.2) is 11.5 Å². The minimum absolute atomic E-state index is 0.103. The van der Waals surface area contributed by atoms with Gasteiger partial charge < -0.3 is 9.51 Å². The summed E-state index contributed by atoms with van der Waals surface area (Å²) in [4.78, 5) is 22.8. The molecule has 1 amide bonds. The van der Waals surface area contributed by atoms with Crippen LogP contribution in [0.3, 0.4) is 0 Å². The first-order valence-corrected chi connectivity index (χ1v) is 7.06. The zero-order valence-electron chi connectivity index (χ0n) is 11.1. The van der Waals surface area contributed by atoms with Crippen molar-refractivity contribution in [1.82, 2.24) is 14.4 Å². The minimum atomic E-state index is -0.103. The molecule has 20 heavy (non-hydrogen) atoms. The molecule has 1 saturated carbocycles. The van der Waals surface area contributed by atoms with Gasteiger partial charge in [-0.25, -0.2) is 9.97 Å². The zero-order chi connectivity index (χ0) is 13.7. The summed E-state index contributed by atoms with van der Waals surface area (Å²) in [6.07, 6.45) is 7.56. The Morgan fingerprint density at radius 1 is 1.30 bits per heavy atom. The first kappa shape index (κ1) is 11.8. The molecule has 2 aliphatic rings. The quantitative estimate of drug-likeness (QED) is 0.912. The van der Waals surface area contributed by atoms with Gasteiger partial charge in [0.2, 0.25) is 5.91 Å². The zero-order valence-corrected chi connectivity index (χ0v) is 11.1. The third-order valence-electron chi connectivity index (χ3n) is 3.98. The summed E-state index contributed by atoms with van der Waals surface area (Å²) in [5.74, 6) is 1.27. The maximum Gasteiger partial charge on any atom is 0.228 e. The van der Waals surface area contributed by atoms with Gasteiger partial charge in [0.05, 0.1) is 18.0 Å². The highest BCUT2D eigenvalue weighted by Crippen LogP contribution is 2.40. The van der Waals surface area contributed by atoms with Crippen molar-refractivity contribution in [3.8, 4) is 0 Å². The summed E-state index contributed by atoms with van der Waals surface area (Å²) in [6, 6.07) is 0.